The van der Waals surface area contributed by atoms with Crippen LogP contribution in [0.5, 0.6) is 11.5 Å². The number of rotatable bonds is 5. The summed E-state index contributed by atoms with van der Waals surface area (Å²) in [5.41, 5.74) is 5.01. The van der Waals surface area contributed by atoms with Gasteiger partial charge in [0.15, 0.2) is 0 Å². The molecule has 22 heavy (non-hydrogen) atoms. The minimum absolute atomic E-state index is 0.293. The van der Waals surface area contributed by atoms with E-state index in [0.29, 0.717) is 12.4 Å². The summed E-state index contributed by atoms with van der Waals surface area (Å²) < 4.78 is 6.00. The lowest BCUT2D eigenvalue weighted by Gasteiger charge is -2.20. The van der Waals surface area contributed by atoms with Crippen molar-refractivity contribution in [1.29, 1.82) is 0 Å². The fraction of sp³-hybridized carbons (Fsp3) is 0.333. The van der Waals surface area contributed by atoms with E-state index in [1.807, 2.05) is 39.1 Å². The molecular weight excluding hydrogens is 276 g/mol. The first-order valence-corrected chi connectivity index (χ1v) is 7.46. The Hall–Kier alpha value is -2.20. The summed E-state index contributed by atoms with van der Waals surface area (Å²) in [5.74, 6) is 7.00. The molecular formula is C18H24N2O2. The van der Waals surface area contributed by atoms with Crippen molar-refractivity contribution in [2.75, 3.05) is 12.1 Å². The standard InChI is InChI=1S/C18H24N2O2/c1-5-14-7-6-8-16(20(4)19)15(14)11-22-18-10-12(2)17(21)9-13(18)3/h6-10,21H,5,11,19H2,1-4H3. The van der Waals surface area contributed by atoms with Gasteiger partial charge >= 0.3 is 0 Å². The zero-order valence-corrected chi connectivity index (χ0v) is 13.7. The Kier molecular flexibility index (Phi) is 4.93. The number of anilines is 1. The first-order valence-electron chi connectivity index (χ1n) is 7.46. The molecule has 118 valence electrons. The first-order chi connectivity index (χ1) is 10.4. The lowest BCUT2D eigenvalue weighted by atomic mass is 10.0. The van der Waals surface area contributed by atoms with Crippen molar-refractivity contribution in [3.8, 4) is 11.5 Å². The number of phenols is 1. The maximum Gasteiger partial charge on any atom is 0.123 e. The average Bonchev–Trinajstić information content (AvgIpc) is 2.49. The number of hydrogen-bond donors (Lipinski definition) is 2. The number of ether oxygens (including phenoxy) is 1. The second-order valence-corrected chi connectivity index (χ2v) is 5.57. The zero-order chi connectivity index (χ0) is 16.3. The van der Waals surface area contributed by atoms with Gasteiger partial charge in [-0.1, -0.05) is 19.1 Å². The van der Waals surface area contributed by atoms with Gasteiger partial charge in [0, 0.05) is 12.6 Å². The molecule has 0 aliphatic carbocycles. The van der Waals surface area contributed by atoms with Crippen molar-refractivity contribution in [3.05, 3.63) is 52.6 Å². The summed E-state index contributed by atoms with van der Waals surface area (Å²) in [4.78, 5) is 0. The molecule has 2 aromatic carbocycles. The molecule has 0 spiro atoms. The first kappa shape index (κ1) is 16.2. The van der Waals surface area contributed by atoms with Crippen LogP contribution >= 0.6 is 0 Å². The summed E-state index contributed by atoms with van der Waals surface area (Å²) >= 11 is 0. The summed E-state index contributed by atoms with van der Waals surface area (Å²) in [6.07, 6.45) is 0.925. The SMILES string of the molecule is CCc1cccc(N(C)N)c1COc1cc(C)c(O)cc1C. The molecule has 0 unspecified atom stereocenters. The highest BCUT2D eigenvalue weighted by atomic mass is 16.5. The number of aromatic hydroxyl groups is 1. The van der Waals surface area contributed by atoms with Gasteiger partial charge in [-0.15, -0.1) is 0 Å². The van der Waals surface area contributed by atoms with E-state index in [-0.39, 0.29) is 0 Å². The van der Waals surface area contributed by atoms with Gasteiger partial charge in [-0.05, 0) is 55.2 Å². The summed E-state index contributed by atoms with van der Waals surface area (Å²) in [6.45, 7) is 6.36. The normalized spacial score (nSPS) is 10.6. The number of phenolic OH excluding ortho intramolecular Hbond substituents is 1. The third-order valence-electron chi connectivity index (χ3n) is 3.87. The van der Waals surface area contributed by atoms with Crippen molar-refractivity contribution in [2.24, 2.45) is 5.84 Å². The van der Waals surface area contributed by atoms with Crippen LogP contribution in [0.1, 0.15) is 29.2 Å². The van der Waals surface area contributed by atoms with Crippen molar-refractivity contribution < 1.29 is 9.84 Å². The van der Waals surface area contributed by atoms with Crippen LogP contribution in [0.3, 0.4) is 0 Å². The van der Waals surface area contributed by atoms with Crippen molar-refractivity contribution in [3.63, 3.8) is 0 Å². The molecule has 0 saturated carbocycles. The third-order valence-corrected chi connectivity index (χ3v) is 3.87. The van der Waals surface area contributed by atoms with E-state index in [1.54, 1.807) is 11.1 Å². The number of aryl methyl sites for hydroxylation is 3. The van der Waals surface area contributed by atoms with E-state index in [1.165, 1.54) is 5.56 Å². The second-order valence-electron chi connectivity index (χ2n) is 5.57. The van der Waals surface area contributed by atoms with Gasteiger partial charge in [0.25, 0.3) is 0 Å². The molecule has 3 N–H and O–H groups in total. The minimum atomic E-state index is 0.293. The minimum Gasteiger partial charge on any atom is -0.508 e. The lowest BCUT2D eigenvalue weighted by molar-refractivity contribution is 0.302. The Balaban J connectivity index is 2.30. The quantitative estimate of drug-likeness (QED) is 0.656. The van der Waals surface area contributed by atoms with Crippen LogP contribution in [0.4, 0.5) is 5.69 Å². The van der Waals surface area contributed by atoms with Gasteiger partial charge in [-0.3, -0.25) is 0 Å². The van der Waals surface area contributed by atoms with Gasteiger partial charge in [0.2, 0.25) is 0 Å². The number of benzene rings is 2. The molecule has 2 rings (SSSR count). The van der Waals surface area contributed by atoms with Crippen molar-refractivity contribution >= 4 is 5.69 Å². The molecule has 0 aliphatic heterocycles. The fourth-order valence-electron chi connectivity index (χ4n) is 2.53. The Bertz CT molecular complexity index is 666. The molecule has 4 heteroatoms. The number of nitrogens with two attached hydrogens (primary N) is 1. The van der Waals surface area contributed by atoms with E-state index in [2.05, 4.69) is 13.0 Å². The molecule has 0 atom stereocenters. The van der Waals surface area contributed by atoms with Crippen molar-refractivity contribution in [1.82, 2.24) is 0 Å². The van der Waals surface area contributed by atoms with Crippen molar-refractivity contribution in [2.45, 2.75) is 33.8 Å². The molecule has 0 radical (unpaired) electrons. The lowest BCUT2D eigenvalue weighted by Crippen LogP contribution is -2.27. The molecule has 0 aromatic heterocycles. The van der Waals surface area contributed by atoms with Gasteiger partial charge in [-0.25, -0.2) is 5.84 Å². The van der Waals surface area contributed by atoms with Gasteiger partial charge in [-0.2, -0.15) is 0 Å². The summed E-state index contributed by atoms with van der Waals surface area (Å²) in [5, 5.41) is 11.3. The van der Waals surface area contributed by atoms with Crippen LogP contribution in [0.25, 0.3) is 0 Å². The molecule has 4 nitrogen and oxygen atoms in total. The van der Waals surface area contributed by atoms with Crippen LogP contribution in [0.2, 0.25) is 0 Å². The molecule has 0 heterocycles. The van der Waals surface area contributed by atoms with Crippen LogP contribution in [-0.2, 0) is 13.0 Å². The summed E-state index contributed by atoms with van der Waals surface area (Å²) in [7, 11) is 1.83. The van der Waals surface area contributed by atoms with Gasteiger partial charge in [0.1, 0.15) is 18.1 Å². The predicted octanol–water partition coefficient (Wildman–Crippen LogP) is 3.46. The monoisotopic (exact) mass is 300 g/mol. The fourth-order valence-corrected chi connectivity index (χ4v) is 2.53. The Morgan fingerprint density at radius 3 is 2.55 bits per heavy atom. The Morgan fingerprint density at radius 1 is 1.18 bits per heavy atom. The van der Waals surface area contributed by atoms with E-state index >= 15 is 0 Å². The molecule has 0 fully saturated rings. The smallest absolute Gasteiger partial charge is 0.123 e. The zero-order valence-electron chi connectivity index (χ0n) is 13.7. The third kappa shape index (κ3) is 3.34. The largest absolute Gasteiger partial charge is 0.508 e. The molecule has 2 aromatic rings. The number of nitrogens with zero attached hydrogens (tertiary/aromatic N) is 1. The maximum atomic E-state index is 9.73. The summed E-state index contributed by atoms with van der Waals surface area (Å²) in [6, 6.07) is 9.70. The molecule has 0 aliphatic rings. The van der Waals surface area contributed by atoms with Gasteiger partial charge in [0.05, 0.1) is 5.69 Å². The predicted molar refractivity (Wildman–Crippen MR) is 90.3 cm³/mol. The van der Waals surface area contributed by atoms with E-state index in [4.69, 9.17) is 10.6 Å². The molecule has 0 amide bonds. The highest BCUT2D eigenvalue weighted by Crippen LogP contribution is 2.29. The maximum absolute atomic E-state index is 9.73. The Morgan fingerprint density at radius 2 is 1.91 bits per heavy atom. The van der Waals surface area contributed by atoms with Crippen LogP contribution in [-0.4, -0.2) is 12.2 Å². The highest BCUT2D eigenvalue weighted by molar-refractivity contribution is 5.55. The Labute approximate surface area is 132 Å². The van der Waals surface area contributed by atoms with Gasteiger partial charge < -0.3 is 14.9 Å². The van der Waals surface area contributed by atoms with E-state index < -0.39 is 0 Å². The second kappa shape index (κ2) is 6.71. The van der Waals surface area contributed by atoms with E-state index in [0.717, 1.165) is 34.5 Å². The average molecular weight is 300 g/mol. The number of hydrazine groups is 1. The molecule has 0 bridgehead atoms. The molecule has 0 saturated heterocycles. The van der Waals surface area contributed by atoms with Crippen LogP contribution in [0, 0.1) is 13.8 Å². The topological polar surface area (TPSA) is 58.7 Å². The number of hydrogen-bond acceptors (Lipinski definition) is 4. The van der Waals surface area contributed by atoms with Crippen LogP contribution < -0.4 is 15.6 Å². The van der Waals surface area contributed by atoms with Crippen LogP contribution in [0.15, 0.2) is 30.3 Å². The van der Waals surface area contributed by atoms with E-state index in [9.17, 15) is 5.11 Å². The highest BCUT2D eigenvalue weighted by Gasteiger charge is 2.12.